The van der Waals surface area contributed by atoms with Crippen LogP contribution in [0.2, 0.25) is 0 Å². The van der Waals surface area contributed by atoms with Gasteiger partial charge in [0.05, 0.1) is 30.4 Å². The van der Waals surface area contributed by atoms with Crippen molar-refractivity contribution < 1.29 is 14.3 Å². The monoisotopic (exact) mass is 359 g/mol. The number of benzene rings is 1. The zero-order valence-corrected chi connectivity index (χ0v) is 13.8. The summed E-state index contributed by atoms with van der Waals surface area (Å²) in [4.78, 5) is 49.0. The van der Waals surface area contributed by atoms with Crippen molar-refractivity contribution in [2.75, 3.05) is 18.2 Å². The molecule has 0 bridgehead atoms. The molecule has 1 aromatic carbocycles. The molecule has 2 aromatic heterocycles. The van der Waals surface area contributed by atoms with Crippen molar-refractivity contribution in [1.29, 1.82) is 0 Å². The normalized spacial score (nSPS) is 10.6. The molecule has 25 heavy (non-hydrogen) atoms. The van der Waals surface area contributed by atoms with Gasteiger partial charge in [0.25, 0.3) is 5.56 Å². The molecule has 1 amide bonds. The van der Waals surface area contributed by atoms with E-state index in [9.17, 15) is 14.4 Å². The number of carbonyl (C=O) groups is 2. The number of rotatable bonds is 5. The molecule has 128 valence electrons. The van der Waals surface area contributed by atoms with E-state index in [1.807, 2.05) is 0 Å². The van der Waals surface area contributed by atoms with Crippen LogP contribution in [0.3, 0.4) is 0 Å². The van der Waals surface area contributed by atoms with E-state index in [0.717, 1.165) is 11.8 Å². The Morgan fingerprint density at radius 1 is 1.32 bits per heavy atom. The third-order valence-corrected chi connectivity index (χ3v) is 4.09. The van der Waals surface area contributed by atoms with Gasteiger partial charge in [-0.2, -0.15) is 0 Å². The molecule has 0 spiro atoms. The van der Waals surface area contributed by atoms with Crippen molar-refractivity contribution in [3.63, 3.8) is 0 Å². The van der Waals surface area contributed by atoms with E-state index < -0.39 is 5.97 Å². The Hall–Kier alpha value is -3.14. The molecule has 0 aliphatic carbocycles. The highest BCUT2D eigenvalue weighted by Crippen LogP contribution is 2.18. The number of carbonyl (C=O) groups excluding carboxylic acids is 2. The van der Waals surface area contributed by atoms with Crippen molar-refractivity contribution in [1.82, 2.24) is 19.9 Å². The lowest BCUT2D eigenvalue weighted by atomic mass is 10.2. The SMILES string of the molecule is COC(=O)c1ccccc1NC(=O)CSc1nc2nc[nH]c2c(=O)[nH]1. The number of methoxy groups -OCH3 is 1. The number of nitrogens with one attached hydrogen (secondary N) is 3. The highest BCUT2D eigenvalue weighted by atomic mass is 32.2. The summed E-state index contributed by atoms with van der Waals surface area (Å²) in [6.45, 7) is 0. The number of hydrogen-bond donors (Lipinski definition) is 3. The molecule has 0 aliphatic heterocycles. The van der Waals surface area contributed by atoms with Crippen molar-refractivity contribution in [3.8, 4) is 0 Å². The van der Waals surface area contributed by atoms with E-state index in [1.165, 1.54) is 13.4 Å². The standard InChI is InChI=1S/C15H13N5O4S/c1-24-14(23)8-4-2-3-5-9(8)18-10(21)6-25-15-19-12-11(13(22)20-15)16-7-17-12/h2-5,7H,6H2,1H3,(H,18,21)(H2,16,17,19,20,22). The summed E-state index contributed by atoms with van der Waals surface area (Å²) in [5, 5.41) is 2.92. The molecule has 0 unspecified atom stereocenters. The predicted octanol–water partition coefficient (Wildman–Crippen LogP) is 1.16. The molecule has 3 rings (SSSR count). The molecule has 3 aromatic rings. The number of esters is 1. The molecule has 10 heteroatoms. The summed E-state index contributed by atoms with van der Waals surface area (Å²) in [6.07, 6.45) is 1.37. The predicted molar refractivity (Wildman–Crippen MR) is 91.6 cm³/mol. The van der Waals surface area contributed by atoms with Gasteiger partial charge in [-0.05, 0) is 12.1 Å². The minimum atomic E-state index is -0.543. The number of anilines is 1. The maximum absolute atomic E-state index is 12.1. The van der Waals surface area contributed by atoms with Gasteiger partial charge in [0.1, 0.15) is 0 Å². The number of imidazole rings is 1. The number of aromatic amines is 2. The van der Waals surface area contributed by atoms with Crippen molar-refractivity contribution in [3.05, 3.63) is 46.5 Å². The highest BCUT2D eigenvalue weighted by Gasteiger charge is 2.14. The number of hydrogen-bond acceptors (Lipinski definition) is 7. The van der Waals surface area contributed by atoms with Crippen molar-refractivity contribution in [2.24, 2.45) is 0 Å². The molecule has 0 radical (unpaired) electrons. The van der Waals surface area contributed by atoms with Crippen LogP contribution in [0, 0.1) is 0 Å². The summed E-state index contributed by atoms with van der Waals surface area (Å²) in [5.74, 6) is -0.904. The quantitative estimate of drug-likeness (QED) is 0.354. The Balaban J connectivity index is 1.69. The van der Waals surface area contributed by atoms with Gasteiger partial charge in [-0.25, -0.2) is 14.8 Å². The van der Waals surface area contributed by atoms with Gasteiger partial charge >= 0.3 is 5.97 Å². The first-order valence-corrected chi connectivity index (χ1v) is 8.10. The second-order valence-corrected chi connectivity index (χ2v) is 5.81. The molecule has 0 atom stereocenters. The molecule has 0 fully saturated rings. The fourth-order valence-electron chi connectivity index (χ4n) is 2.09. The lowest BCUT2D eigenvalue weighted by molar-refractivity contribution is -0.113. The minimum absolute atomic E-state index is 0.00558. The van der Waals surface area contributed by atoms with E-state index >= 15 is 0 Å². The van der Waals surface area contributed by atoms with Crippen LogP contribution in [0.4, 0.5) is 5.69 Å². The maximum Gasteiger partial charge on any atom is 0.339 e. The number of ether oxygens (including phenoxy) is 1. The van der Waals surface area contributed by atoms with Gasteiger partial charge in [0.15, 0.2) is 16.3 Å². The molecule has 0 saturated carbocycles. The van der Waals surface area contributed by atoms with E-state index in [2.05, 4.69) is 30.0 Å². The Morgan fingerprint density at radius 2 is 2.12 bits per heavy atom. The van der Waals surface area contributed by atoms with Crippen LogP contribution >= 0.6 is 11.8 Å². The van der Waals surface area contributed by atoms with Gasteiger partial charge in [-0.3, -0.25) is 14.6 Å². The largest absolute Gasteiger partial charge is 0.465 e. The number of amides is 1. The Labute approximate surface area is 145 Å². The Kier molecular flexibility index (Phi) is 4.80. The number of para-hydroxylation sites is 1. The summed E-state index contributed by atoms with van der Waals surface area (Å²) >= 11 is 1.05. The molecule has 9 nitrogen and oxygen atoms in total. The number of aromatic nitrogens is 4. The van der Waals surface area contributed by atoms with E-state index in [4.69, 9.17) is 0 Å². The number of thioether (sulfide) groups is 1. The first-order valence-electron chi connectivity index (χ1n) is 7.12. The van der Waals surface area contributed by atoms with Crippen LogP contribution in [0.25, 0.3) is 11.2 Å². The highest BCUT2D eigenvalue weighted by molar-refractivity contribution is 7.99. The molecule has 2 heterocycles. The second-order valence-electron chi connectivity index (χ2n) is 4.85. The molecular weight excluding hydrogens is 346 g/mol. The van der Waals surface area contributed by atoms with Crippen LogP contribution in [0.15, 0.2) is 40.5 Å². The van der Waals surface area contributed by atoms with Crippen molar-refractivity contribution in [2.45, 2.75) is 5.16 Å². The molecule has 0 saturated heterocycles. The fraction of sp³-hybridized carbons (Fsp3) is 0.133. The zero-order valence-electron chi connectivity index (χ0n) is 13.0. The average molecular weight is 359 g/mol. The minimum Gasteiger partial charge on any atom is -0.465 e. The maximum atomic E-state index is 12.1. The van der Waals surface area contributed by atoms with E-state index in [1.54, 1.807) is 24.3 Å². The average Bonchev–Trinajstić information content (AvgIpc) is 3.09. The van der Waals surface area contributed by atoms with Gasteiger partial charge < -0.3 is 15.0 Å². The first-order chi connectivity index (χ1) is 12.1. The summed E-state index contributed by atoms with van der Waals surface area (Å²) in [6, 6.07) is 6.52. The summed E-state index contributed by atoms with van der Waals surface area (Å²) in [5.41, 5.74) is 0.807. The summed E-state index contributed by atoms with van der Waals surface area (Å²) < 4.78 is 4.68. The van der Waals surface area contributed by atoms with Crippen LogP contribution in [0.1, 0.15) is 10.4 Å². The molecular formula is C15H13N5O4S. The van der Waals surface area contributed by atoms with Gasteiger partial charge in [-0.1, -0.05) is 23.9 Å². The van der Waals surface area contributed by atoms with Gasteiger partial charge in [0.2, 0.25) is 5.91 Å². The topological polar surface area (TPSA) is 130 Å². The Bertz CT molecular complexity index is 997. The summed E-state index contributed by atoms with van der Waals surface area (Å²) in [7, 11) is 1.27. The number of fused-ring (bicyclic) bond motifs is 1. The van der Waals surface area contributed by atoms with Crippen LogP contribution in [0.5, 0.6) is 0 Å². The Morgan fingerprint density at radius 3 is 2.92 bits per heavy atom. The van der Waals surface area contributed by atoms with E-state index in [0.29, 0.717) is 5.69 Å². The lowest BCUT2D eigenvalue weighted by Crippen LogP contribution is -2.18. The number of H-pyrrole nitrogens is 2. The van der Waals surface area contributed by atoms with Gasteiger partial charge in [0, 0.05) is 0 Å². The van der Waals surface area contributed by atoms with Crippen LogP contribution in [-0.2, 0) is 9.53 Å². The smallest absolute Gasteiger partial charge is 0.339 e. The van der Waals surface area contributed by atoms with Gasteiger partial charge in [-0.15, -0.1) is 0 Å². The van der Waals surface area contributed by atoms with Crippen LogP contribution < -0.4 is 10.9 Å². The number of nitrogens with zero attached hydrogens (tertiary/aromatic N) is 2. The third-order valence-electron chi connectivity index (χ3n) is 3.22. The lowest BCUT2D eigenvalue weighted by Gasteiger charge is -2.09. The zero-order chi connectivity index (χ0) is 17.8. The second kappa shape index (κ2) is 7.18. The van der Waals surface area contributed by atoms with Crippen LogP contribution in [-0.4, -0.2) is 44.7 Å². The molecule has 3 N–H and O–H groups in total. The van der Waals surface area contributed by atoms with Crippen molar-refractivity contribution >= 4 is 40.5 Å². The fourth-order valence-corrected chi connectivity index (χ4v) is 2.75. The van der Waals surface area contributed by atoms with E-state index in [-0.39, 0.29) is 39.1 Å². The first kappa shape index (κ1) is 16.7. The third kappa shape index (κ3) is 3.69. The molecule has 0 aliphatic rings.